The van der Waals surface area contributed by atoms with Gasteiger partial charge in [0, 0.05) is 12.1 Å². The summed E-state index contributed by atoms with van der Waals surface area (Å²) in [5.74, 6) is 0.599. The zero-order valence-electron chi connectivity index (χ0n) is 18.5. The van der Waals surface area contributed by atoms with E-state index < -0.39 is 18.0 Å². The number of ether oxygens (including phenoxy) is 3. The second-order valence-corrected chi connectivity index (χ2v) is 7.16. The maximum absolute atomic E-state index is 12.7. The quantitative estimate of drug-likeness (QED) is 0.508. The summed E-state index contributed by atoms with van der Waals surface area (Å²) in [4.78, 5) is 25.2. The van der Waals surface area contributed by atoms with E-state index in [9.17, 15) is 9.59 Å². The third-order valence-corrected chi connectivity index (χ3v) is 4.96. The largest absolute Gasteiger partial charge is 0.496 e. The van der Waals surface area contributed by atoms with Crippen molar-refractivity contribution in [3.05, 3.63) is 76.7 Å². The molecular formula is C24H26N2O6. The SMILES string of the molecule is COc1ccccc1CNC(=O)C(C)OC(=O)c1ccccc1OCc1c(C)noc1C. The lowest BCUT2D eigenvalue weighted by atomic mass is 10.2. The number of para-hydroxylation sites is 2. The zero-order valence-corrected chi connectivity index (χ0v) is 18.5. The zero-order chi connectivity index (χ0) is 23.1. The molecule has 2 aromatic carbocycles. The van der Waals surface area contributed by atoms with E-state index in [-0.39, 0.29) is 18.7 Å². The van der Waals surface area contributed by atoms with E-state index in [0.717, 1.165) is 16.8 Å². The Morgan fingerprint density at radius 2 is 1.75 bits per heavy atom. The van der Waals surface area contributed by atoms with Crippen LogP contribution in [0.15, 0.2) is 53.1 Å². The van der Waals surface area contributed by atoms with E-state index >= 15 is 0 Å². The molecule has 0 fully saturated rings. The number of benzene rings is 2. The number of methoxy groups -OCH3 is 1. The van der Waals surface area contributed by atoms with Crippen LogP contribution < -0.4 is 14.8 Å². The van der Waals surface area contributed by atoms with E-state index in [1.807, 2.05) is 31.2 Å². The van der Waals surface area contributed by atoms with Crippen LogP contribution in [0.5, 0.6) is 11.5 Å². The van der Waals surface area contributed by atoms with Crippen molar-refractivity contribution in [1.82, 2.24) is 10.5 Å². The first-order chi connectivity index (χ1) is 15.4. The summed E-state index contributed by atoms with van der Waals surface area (Å²) in [5.41, 5.74) is 2.59. The Balaban J connectivity index is 1.60. The molecule has 1 amide bonds. The van der Waals surface area contributed by atoms with Crippen LogP contribution in [-0.4, -0.2) is 30.2 Å². The van der Waals surface area contributed by atoms with E-state index in [1.165, 1.54) is 6.92 Å². The van der Waals surface area contributed by atoms with Crippen LogP contribution in [0.25, 0.3) is 0 Å². The van der Waals surface area contributed by atoms with Gasteiger partial charge in [-0.05, 0) is 39.0 Å². The maximum atomic E-state index is 12.7. The molecule has 3 rings (SSSR count). The molecule has 0 aliphatic carbocycles. The van der Waals surface area contributed by atoms with Gasteiger partial charge >= 0.3 is 5.97 Å². The van der Waals surface area contributed by atoms with Crippen LogP contribution in [0.4, 0.5) is 0 Å². The first-order valence-corrected chi connectivity index (χ1v) is 10.1. The fourth-order valence-electron chi connectivity index (χ4n) is 3.07. The van der Waals surface area contributed by atoms with Gasteiger partial charge in [-0.25, -0.2) is 4.79 Å². The monoisotopic (exact) mass is 438 g/mol. The van der Waals surface area contributed by atoms with Crippen LogP contribution in [0.2, 0.25) is 0 Å². The smallest absolute Gasteiger partial charge is 0.342 e. The molecule has 0 aliphatic heterocycles. The average Bonchev–Trinajstić information content (AvgIpc) is 3.13. The maximum Gasteiger partial charge on any atom is 0.342 e. The Bertz CT molecular complexity index is 1070. The van der Waals surface area contributed by atoms with E-state index in [4.69, 9.17) is 18.7 Å². The molecule has 3 aromatic rings. The van der Waals surface area contributed by atoms with Crippen LogP contribution >= 0.6 is 0 Å². The molecule has 168 valence electrons. The summed E-state index contributed by atoms with van der Waals surface area (Å²) in [7, 11) is 1.57. The number of esters is 1. The van der Waals surface area contributed by atoms with Crippen molar-refractivity contribution in [2.75, 3.05) is 7.11 Å². The van der Waals surface area contributed by atoms with Gasteiger partial charge in [0.05, 0.1) is 18.4 Å². The molecule has 0 bridgehead atoms. The summed E-state index contributed by atoms with van der Waals surface area (Å²) < 4.78 is 21.6. The molecular weight excluding hydrogens is 412 g/mol. The number of amides is 1. The van der Waals surface area contributed by atoms with Crippen molar-refractivity contribution < 1.29 is 28.3 Å². The van der Waals surface area contributed by atoms with Crippen molar-refractivity contribution in [1.29, 1.82) is 0 Å². The summed E-state index contributed by atoms with van der Waals surface area (Å²) in [5, 5.41) is 6.65. The molecule has 1 unspecified atom stereocenters. The van der Waals surface area contributed by atoms with Crippen molar-refractivity contribution in [2.45, 2.75) is 40.0 Å². The molecule has 0 aliphatic rings. The number of carbonyl (C=O) groups excluding carboxylic acids is 2. The Morgan fingerprint density at radius 3 is 2.44 bits per heavy atom. The van der Waals surface area contributed by atoms with Crippen molar-refractivity contribution in [3.8, 4) is 11.5 Å². The van der Waals surface area contributed by atoms with Gasteiger partial charge in [-0.1, -0.05) is 35.5 Å². The molecule has 0 spiro atoms. The predicted molar refractivity (Wildman–Crippen MR) is 116 cm³/mol. The highest BCUT2D eigenvalue weighted by atomic mass is 16.5. The van der Waals surface area contributed by atoms with Gasteiger partial charge in [-0.3, -0.25) is 4.79 Å². The van der Waals surface area contributed by atoms with Gasteiger partial charge < -0.3 is 24.1 Å². The highest BCUT2D eigenvalue weighted by Crippen LogP contribution is 2.23. The standard InChI is InChI=1S/C24H26N2O6/c1-15-20(16(2)32-26-15)14-30-22-12-8-6-10-19(22)24(28)31-17(3)23(27)25-13-18-9-5-7-11-21(18)29-4/h5-12,17H,13-14H2,1-4H3,(H,25,27). The van der Waals surface area contributed by atoms with Gasteiger partial charge in [0.2, 0.25) is 0 Å². The summed E-state index contributed by atoms with van der Waals surface area (Å²) in [6.07, 6.45) is -0.993. The molecule has 1 heterocycles. The topological polar surface area (TPSA) is 99.9 Å². The fourth-order valence-corrected chi connectivity index (χ4v) is 3.07. The third kappa shape index (κ3) is 5.46. The van der Waals surface area contributed by atoms with Crippen LogP contribution in [0, 0.1) is 13.8 Å². The Morgan fingerprint density at radius 1 is 1.06 bits per heavy atom. The van der Waals surface area contributed by atoms with Gasteiger partial charge in [-0.2, -0.15) is 0 Å². The van der Waals surface area contributed by atoms with E-state index in [0.29, 0.717) is 17.3 Å². The van der Waals surface area contributed by atoms with Crippen molar-refractivity contribution >= 4 is 11.9 Å². The summed E-state index contributed by atoms with van der Waals surface area (Å²) in [6.45, 7) is 5.58. The number of hydrogen-bond donors (Lipinski definition) is 1. The van der Waals surface area contributed by atoms with Crippen LogP contribution in [0.3, 0.4) is 0 Å². The molecule has 0 radical (unpaired) electrons. The molecule has 8 heteroatoms. The molecule has 0 saturated carbocycles. The van der Waals surface area contributed by atoms with E-state index in [2.05, 4.69) is 10.5 Å². The van der Waals surface area contributed by atoms with Gasteiger partial charge in [0.25, 0.3) is 5.91 Å². The number of nitrogens with zero attached hydrogens (tertiary/aromatic N) is 1. The van der Waals surface area contributed by atoms with Crippen molar-refractivity contribution in [2.24, 2.45) is 0 Å². The Labute approximate surface area is 186 Å². The van der Waals surface area contributed by atoms with Gasteiger partial charge in [0.15, 0.2) is 6.10 Å². The number of aromatic nitrogens is 1. The molecule has 1 atom stereocenters. The third-order valence-electron chi connectivity index (χ3n) is 4.96. The molecule has 1 N–H and O–H groups in total. The van der Waals surface area contributed by atoms with Crippen LogP contribution in [0.1, 0.15) is 39.9 Å². The lowest BCUT2D eigenvalue weighted by Crippen LogP contribution is -2.35. The minimum absolute atomic E-state index is 0.195. The van der Waals surface area contributed by atoms with E-state index in [1.54, 1.807) is 38.3 Å². The van der Waals surface area contributed by atoms with Crippen LogP contribution in [-0.2, 0) is 22.7 Å². The number of aryl methyl sites for hydroxylation is 2. The van der Waals surface area contributed by atoms with Gasteiger partial charge in [0.1, 0.15) is 29.4 Å². The lowest BCUT2D eigenvalue weighted by molar-refractivity contribution is -0.129. The summed E-state index contributed by atoms with van der Waals surface area (Å²) >= 11 is 0. The fraction of sp³-hybridized carbons (Fsp3) is 0.292. The number of hydrogen-bond acceptors (Lipinski definition) is 7. The second kappa shape index (κ2) is 10.5. The normalized spacial score (nSPS) is 11.5. The van der Waals surface area contributed by atoms with Gasteiger partial charge in [-0.15, -0.1) is 0 Å². The highest BCUT2D eigenvalue weighted by Gasteiger charge is 2.22. The number of nitrogens with one attached hydrogen (secondary N) is 1. The number of rotatable bonds is 9. The minimum atomic E-state index is -0.993. The summed E-state index contributed by atoms with van der Waals surface area (Å²) in [6, 6.07) is 14.1. The van der Waals surface area contributed by atoms with Crippen molar-refractivity contribution in [3.63, 3.8) is 0 Å². The molecule has 0 saturated heterocycles. The Kier molecular flexibility index (Phi) is 7.49. The molecule has 1 aromatic heterocycles. The Hall–Kier alpha value is -3.81. The predicted octanol–water partition coefficient (Wildman–Crippen LogP) is 3.74. The first-order valence-electron chi connectivity index (χ1n) is 10.1. The lowest BCUT2D eigenvalue weighted by Gasteiger charge is -2.16. The number of carbonyl (C=O) groups is 2. The molecule has 8 nitrogen and oxygen atoms in total. The molecule has 32 heavy (non-hydrogen) atoms. The minimum Gasteiger partial charge on any atom is -0.496 e. The average molecular weight is 438 g/mol. The second-order valence-electron chi connectivity index (χ2n) is 7.16. The highest BCUT2D eigenvalue weighted by molar-refractivity contribution is 5.94. The first kappa shape index (κ1) is 22.9.